The van der Waals surface area contributed by atoms with Crippen LogP contribution in [0.25, 0.3) is 0 Å². The smallest absolute Gasteiger partial charge is 0.0436 e. The molecule has 3 heteroatoms. The van der Waals surface area contributed by atoms with Crippen LogP contribution in [0.5, 0.6) is 0 Å². The Bertz CT molecular complexity index is 402. The van der Waals surface area contributed by atoms with Gasteiger partial charge in [-0.25, -0.2) is 0 Å². The topological polar surface area (TPSA) is 29.1 Å². The molecule has 0 bridgehead atoms. The van der Waals surface area contributed by atoms with Gasteiger partial charge in [0.25, 0.3) is 0 Å². The molecule has 0 fully saturated rings. The predicted octanol–water partition coefficient (Wildman–Crippen LogP) is 3.69. The molecule has 1 rings (SSSR count). The van der Waals surface area contributed by atoms with E-state index >= 15 is 0 Å². The van der Waals surface area contributed by atoms with Crippen molar-refractivity contribution in [2.75, 3.05) is 18.1 Å². The number of hydrogen-bond acceptors (Lipinski definition) is 2. The molecule has 0 amide bonds. The van der Waals surface area contributed by atoms with Gasteiger partial charge in [0.1, 0.15) is 0 Å². The van der Waals surface area contributed by atoms with E-state index in [1.807, 2.05) is 0 Å². The molecule has 0 aromatic heterocycles. The Labute approximate surface area is 126 Å². The van der Waals surface area contributed by atoms with E-state index in [0.717, 1.165) is 25.1 Å². The van der Waals surface area contributed by atoms with Crippen LogP contribution in [0.15, 0.2) is 24.3 Å². The Kier molecular flexibility index (Phi) is 8.08. The third-order valence-electron chi connectivity index (χ3n) is 3.76. The molecular formula is C17H29NOS. The van der Waals surface area contributed by atoms with Gasteiger partial charge in [-0.1, -0.05) is 58.4 Å². The Morgan fingerprint density at radius 1 is 1.10 bits per heavy atom. The molecule has 2 nitrogen and oxygen atoms in total. The maximum absolute atomic E-state index is 12.3. The van der Waals surface area contributed by atoms with E-state index < -0.39 is 10.8 Å². The van der Waals surface area contributed by atoms with Gasteiger partial charge < -0.3 is 5.32 Å². The molecule has 1 aromatic rings. The SMILES string of the molecule is CCNC(CS(=O)CC(C)CC)c1ccc(CC)cc1. The fraction of sp³-hybridized carbons (Fsp3) is 0.647. The van der Waals surface area contributed by atoms with Gasteiger partial charge in [0.2, 0.25) is 0 Å². The summed E-state index contributed by atoms with van der Waals surface area (Å²) < 4.78 is 12.3. The first-order valence-electron chi connectivity index (χ1n) is 7.77. The summed E-state index contributed by atoms with van der Waals surface area (Å²) in [6, 6.07) is 8.91. The van der Waals surface area contributed by atoms with Crippen LogP contribution in [-0.2, 0) is 17.2 Å². The van der Waals surface area contributed by atoms with Crippen LogP contribution in [0.4, 0.5) is 0 Å². The number of nitrogens with one attached hydrogen (secondary N) is 1. The summed E-state index contributed by atoms with van der Waals surface area (Å²) in [5.74, 6) is 2.07. The Hall–Kier alpha value is -0.670. The van der Waals surface area contributed by atoms with E-state index in [1.165, 1.54) is 11.1 Å². The highest BCUT2D eigenvalue weighted by atomic mass is 32.2. The summed E-state index contributed by atoms with van der Waals surface area (Å²) in [6.07, 6.45) is 2.16. The third kappa shape index (κ3) is 5.76. The first kappa shape index (κ1) is 17.4. The van der Waals surface area contributed by atoms with E-state index in [4.69, 9.17) is 0 Å². The van der Waals surface area contributed by atoms with Gasteiger partial charge >= 0.3 is 0 Å². The molecule has 0 spiro atoms. The largest absolute Gasteiger partial charge is 0.309 e. The monoisotopic (exact) mass is 295 g/mol. The van der Waals surface area contributed by atoms with Crippen molar-refractivity contribution in [2.45, 2.75) is 46.6 Å². The average Bonchev–Trinajstić information content (AvgIpc) is 2.46. The molecule has 0 heterocycles. The standard InChI is InChI=1S/C17H29NOS/c1-5-14(4)12-20(19)13-17(18-7-3)16-10-8-15(6-2)9-11-16/h8-11,14,17-18H,5-7,12-13H2,1-4H3. The molecule has 0 aliphatic heterocycles. The van der Waals surface area contributed by atoms with Crippen molar-refractivity contribution >= 4 is 10.8 Å². The van der Waals surface area contributed by atoms with Crippen molar-refractivity contribution in [1.29, 1.82) is 0 Å². The average molecular weight is 295 g/mol. The summed E-state index contributed by atoms with van der Waals surface area (Å²) in [4.78, 5) is 0. The Morgan fingerprint density at radius 2 is 1.75 bits per heavy atom. The zero-order chi connectivity index (χ0) is 15.0. The lowest BCUT2D eigenvalue weighted by Crippen LogP contribution is -2.27. The van der Waals surface area contributed by atoms with Crippen LogP contribution in [0, 0.1) is 5.92 Å². The van der Waals surface area contributed by atoms with E-state index in [1.54, 1.807) is 0 Å². The molecule has 3 atom stereocenters. The molecule has 1 aromatic carbocycles. The zero-order valence-electron chi connectivity index (χ0n) is 13.3. The maximum atomic E-state index is 12.3. The first-order chi connectivity index (χ1) is 9.60. The van der Waals surface area contributed by atoms with Crippen molar-refractivity contribution in [3.63, 3.8) is 0 Å². The lowest BCUT2D eigenvalue weighted by Gasteiger charge is -2.19. The fourth-order valence-corrected chi connectivity index (χ4v) is 3.88. The van der Waals surface area contributed by atoms with E-state index in [-0.39, 0.29) is 6.04 Å². The van der Waals surface area contributed by atoms with Crippen molar-refractivity contribution < 1.29 is 4.21 Å². The minimum atomic E-state index is -0.752. The van der Waals surface area contributed by atoms with Gasteiger partial charge in [-0.3, -0.25) is 4.21 Å². The summed E-state index contributed by atoms with van der Waals surface area (Å²) >= 11 is 0. The molecule has 1 N–H and O–H groups in total. The second-order valence-electron chi connectivity index (χ2n) is 5.49. The highest BCUT2D eigenvalue weighted by molar-refractivity contribution is 7.85. The summed E-state index contributed by atoms with van der Waals surface area (Å²) in [6.45, 7) is 9.51. The van der Waals surface area contributed by atoms with Gasteiger partial charge in [-0.2, -0.15) is 0 Å². The number of rotatable bonds is 9. The summed E-state index contributed by atoms with van der Waals surface area (Å²) in [7, 11) is -0.752. The zero-order valence-corrected chi connectivity index (χ0v) is 14.1. The maximum Gasteiger partial charge on any atom is 0.0436 e. The number of aryl methyl sites for hydroxylation is 1. The molecule has 0 saturated heterocycles. The van der Waals surface area contributed by atoms with Crippen molar-refractivity contribution in [1.82, 2.24) is 5.32 Å². The fourth-order valence-electron chi connectivity index (χ4n) is 2.19. The van der Waals surface area contributed by atoms with Gasteiger partial charge in [0.15, 0.2) is 0 Å². The van der Waals surface area contributed by atoms with Crippen LogP contribution >= 0.6 is 0 Å². The molecule has 3 unspecified atom stereocenters. The lowest BCUT2D eigenvalue weighted by atomic mass is 10.0. The van der Waals surface area contributed by atoms with E-state index in [0.29, 0.717) is 11.7 Å². The molecular weight excluding hydrogens is 266 g/mol. The molecule has 20 heavy (non-hydrogen) atoms. The van der Waals surface area contributed by atoms with Crippen molar-refractivity contribution in [3.8, 4) is 0 Å². The highest BCUT2D eigenvalue weighted by Crippen LogP contribution is 2.17. The normalized spacial score (nSPS) is 15.8. The van der Waals surface area contributed by atoms with Crippen molar-refractivity contribution in [2.24, 2.45) is 5.92 Å². The molecule has 0 radical (unpaired) electrons. The lowest BCUT2D eigenvalue weighted by molar-refractivity contribution is 0.582. The van der Waals surface area contributed by atoms with Crippen LogP contribution < -0.4 is 5.32 Å². The van der Waals surface area contributed by atoms with Gasteiger partial charge in [0.05, 0.1) is 0 Å². The van der Waals surface area contributed by atoms with Crippen LogP contribution in [0.3, 0.4) is 0 Å². The molecule has 0 aliphatic rings. The van der Waals surface area contributed by atoms with E-state index in [9.17, 15) is 4.21 Å². The van der Waals surface area contributed by atoms with Gasteiger partial charge in [-0.05, 0) is 30.0 Å². The minimum absolute atomic E-state index is 0.204. The highest BCUT2D eigenvalue weighted by Gasteiger charge is 2.15. The Morgan fingerprint density at radius 3 is 2.25 bits per heavy atom. The van der Waals surface area contributed by atoms with Crippen LogP contribution in [0.2, 0.25) is 0 Å². The molecule has 0 aliphatic carbocycles. The summed E-state index contributed by atoms with van der Waals surface area (Å²) in [5.41, 5.74) is 2.60. The summed E-state index contributed by atoms with van der Waals surface area (Å²) in [5, 5.41) is 3.47. The first-order valence-corrected chi connectivity index (χ1v) is 9.26. The second kappa shape index (κ2) is 9.30. The molecule has 0 saturated carbocycles. The molecule has 114 valence electrons. The Balaban J connectivity index is 2.69. The number of hydrogen-bond donors (Lipinski definition) is 1. The van der Waals surface area contributed by atoms with Crippen LogP contribution in [-0.4, -0.2) is 22.3 Å². The van der Waals surface area contributed by atoms with Gasteiger partial charge in [0, 0.05) is 28.3 Å². The van der Waals surface area contributed by atoms with E-state index in [2.05, 4.69) is 57.3 Å². The van der Waals surface area contributed by atoms with Crippen molar-refractivity contribution in [3.05, 3.63) is 35.4 Å². The van der Waals surface area contributed by atoms with Crippen LogP contribution in [0.1, 0.15) is 51.3 Å². The third-order valence-corrected chi connectivity index (χ3v) is 5.41. The quantitative estimate of drug-likeness (QED) is 0.753. The predicted molar refractivity (Wildman–Crippen MR) is 89.6 cm³/mol. The second-order valence-corrected chi connectivity index (χ2v) is 7.04. The van der Waals surface area contributed by atoms with Gasteiger partial charge in [-0.15, -0.1) is 0 Å². The number of benzene rings is 1. The minimum Gasteiger partial charge on any atom is -0.309 e.